The van der Waals surface area contributed by atoms with Gasteiger partial charge in [0.2, 0.25) is 5.91 Å². The second kappa shape index (κ2) is 8.87. The molecule has 0 bridgehead atoms. The fourth-order valence-corrected chi connectivity index (χ4v) is 4.92. The highest BCUT2D eigenvalue weighted by molar-refractivity contribution is 5.78. The van der Waals surface area contributed by atoms with Gasteiger partial charge in [-0.2, -0.15) is 26.3 Å². The Morgan fingerprint density at radius 3 is 2.12 bits per heavy atom. The molecule has 184 valence electrons. The van der Waals surface area contributed by atoms with Crippen molar-refractivity contribution in [1.29, 1.82) is 0 Å². The molecular weight excluding hydrogens is 467 g/mol. The number of ether oxygens (including phenoxy) is 1. The second-order valence-corrected chi connectivity index (χ2v) is 8.74. The van der Waals surface area contributed by atoms with Gasteiger partial charge in [-0.3, -0.25) is 4.79 Å². The lowest BCUT2D eigenvalue weighted by Crippen LogP contribution is -2.40. The lowest BCUT2D eigenvalue weighted by Gasteiger charge is -2.32. The number of alkyl halides is 6. The van der Waals surface area contributed by atoms with Gasteiger partial charge in [0.15, 0.2) is 0 Å². The van der Waals surface area contributed by atoms with Crippen LogP contribution < -0.4 is 0 Å². The fourth-order valence-electron chi connectivity index (χ4n) is 4.92. The van der Waals surface area contributed by atoms with E-state index in [-0.39, 0.29) is 36.0 Å². The number of halogens is 7. The van der Waals surface area contributed by atoms with Crippen LogP contribution in [0.25, 0.3) is 0 Å². The molecule has 2 aromatic rings. The molecule has 0 N–H and O–H groups in total. The van der Waals surface area contributed by atoms with E-state index in [1.165, 1.54) is 19.1 Å². The number of rotatable bonds is 4. The normalized spacial score (nSPS) is 24.3. The number of hydrogen-bond acceptors (Lipinski definition) is 2. The summed E-state index contributed by atoms with van der Waals surface area (Å²) in [4.78, 5) is 14.1. The van der Waals surface area contributed by atoms with Crippen LogP contribution >= 0.6 is 0 Å². The van der Waals surface area contributed by atoms with E-state index in [9.17, 15) is 35.5 Å². The molecule has 0 saturated carbocycles. The summed E-state index contributed by atoms with van der Waals surface area (Å²) in [5.41, 5.74) is -2.40. The summed E-state index contributed by atoms with van der Waals surface area (Å²) in [6, 6.07) is 6.81. The molecule has 3 nitrogen and oxygen atoms in total. The third-order valence-corrected chi connectivity index (χ3v) is 6.52. The zero-order valence-corrected chi connectivity index (χ0v) is 18.1. The van der Waals surface area contributed by atoms with Crippen molar-refractivity contribution in [2.45, 2.75) is 62.7 Å². The van der Waals surface area contributed by atoms with Gasteiger partial charge in [-0.15, -0.1) is 0 Å². The topological polar surface area (TPSA) is 29.5 Å². The van der Waals surface area contributed by atoms with E-state index >= 15 is 0 Å². The van der Waals surface area contributed by atoms with E-state index in [0.29, 0.717) is 37.0 Å². The molecule has 2 aliphatic rings. The van der Waals surface area contributed by atoms with Gasteiger partial charge < -0.3 is 9.64 Å². The minimum absolute atomic E-state index is 0.0754. The number of amides is 1. The van der Waals surface area contributed by atoms with Crippen LogP contribution in [0.15, 0.2) is 42.5 Å². The van der Waals surface area contributed by atoms with Crippen LogP contribution in [0.4, 0.5) is 30.7 Å². The third kappa shape index (κ3) is 4.92. The number of carbonyl (C=O) groups excluding carboxylic acids is 1. The molecule has 2 heterocycles. The Hall–Kier alpha value is -2.62. The van der Waals surface area contributed by atoms with Gasteiger partial charge in [-0.05, 0) is 61.2 Å². The average Bonchev–Trinajstić information content (AvgIpc) is 3.12. The van der Waals surface area contributed by atoms with Gasteiger partial charge in [-0.1, -0.05) is 12.1 Å². The molecule has 10 heteroatoms. The SMILES string of the molecule is C[C@@H](O[C@H]1CN2C(=O)CCCC2C1c1ccc(F)cc1)c1cc(C(F)(F)F)cc(C(F)(F)F)c1. The van der Waals surface area contributed by atoms with Gasteiger partial charge in [-0.25, -0.2) is 4.39 Å². The molecule has 2 aliphatic heterocycles. The number of piperidine rings is 1. The Bertz CT molecular complexity index is 1020. The molecule has 0 aliphatic carbocycles. The van der Waals surface area contributed by atoms with Crippen molar-refractivity contribution in [3.8, 4) is 0 Å². The summed E-state index contributed by atoms with van der Waals surface area (Å²) in [6.07, 6.45) is -10.0. The zero-order chi connectivity index (χ0) is 24.8. The predicted molar refractivity (Wildman–Crippen MR) is 108 cm³/mol. The molecule has 0 aromatic heterocycles. The zero-order valence-electron chi connectivity index (χ0n) is 18.1. The Morgan fingerprint density at radius 2 is 1.56 bits per heavy atom. The number of benzene rings is 2. The van der Waals surface area contributed by atoms with Crippen LogP contribution in [0.5, 0.6) is 0 Å². The third-order valence-electron chi connectivity index (χ3n) is 6.52. The summed E-state index contributed by atoms with van der Waals surface area (Å²) in [5.74, 6) is -0.923. The number of nitrogens with zero attached hydrogens (tertiary/aromatic N) is 1. The summed E-state index contributed by atoms with van der Waals surface area (Å²) < 4.78 is 99.2. The molecule has 4 rings (SSSR count). The quantitative estimate of drug-likeness (QED) is 0.460. The van der Waals surface area contributed by atoms with Crippen LogP contribution in [0.1, 0.15) is 60.5 Å². The Balaban J connectivity index is 1.67. The minimum Gasteiger partial charge on any atom is -0.368 e. The average molecular weight is 489 g/mol. The standard InChI is InChI=1S/C24H22F7NO2/c1-13(15-9-16(23(26,27)28)11-17(10-15)24(29,30)31)34-20-12-32-19(3-2-4-21(32)33)22(20)14-5-7-18(25)8-6-14/h5-11,13,19-20,22H,2-4,12H2,1H3/t13-,19?,20+,22?/m1/s1. The highest BCUT2D eigenvalue weighted by Crippen LogP contribution is 2.43. The molecular formula is C24H22F7NO2. The fraction of sp³-hybridized carbons (Fsp3) is 0.458. The summed E-state index contributed by atoms with van der Waals surface area (Å²) in [6.45, 7) is 1.54. The van der Waals surface area contributed by atoms with E-state index in [4.69, 9.17) is 4.74 Å². The first-order valence-electron chi connectivity index (χ1n) is 10.8. The first kappa shape index (κ1) is 24.5. The van der Waals surface area contributed by atoms with Crippen molar-refractivity contribution in [3.05, 3.63) is 70.5 Å². The van der Waals surface area contributed by atoms with Gasteiger partial charge in [0.1, 0.15) is 5.82 Å². The van der Waals surface area contributed by atoms with Gasteiger partial charge in [0.25, 0.3) is 0 Å². The molecule has 2 unspecified atom stereocenters. The van der Waals surface area contributed by atoms with Crippen molar-refractivity contribution in [1.82, 2.24) is 4.90 Å². The predicted octanol–water partition coefficient (Wildman–Crippen LogP) is 6.49. The van der Waals surface area contributed by atoms with Crippen molar-refractivity contribution in [2.75, 3.05) is 6.54 Å². The maximum Gasteiger partial charge on any atom is 0.416 e. The molecule has 2 fully saturated rings. The smallest absolute Gasteiger partial charge is 0.368 e. The maximum atomic E-state index is 13.5. The minimum atomic E-state index is -4.97. The van der Waals surface area contributed by atoms with E-state index in [1.54, 1.807) is 17.0 Å². The number of hydrogen-bond donors (Lipinski definition) is 0. The second-order valence-electron chi connectivity index (χ2n) is 8.74. The molecule has 34 heavy (non-hydrogen) atoms. The lowest BCUT2D eigenvalue weighted by atomic mass is 9.86. The van der Waals surface area contributed by atoms with Crippen LogP contribution in [0.2, 0.25) is 0 Å². The maximum absolute atomic E-state index is 13.5. The van der Waals surface area contributed by atoms with Crippen molar-refractivity contribution >= 4 is 5.91 Å². The highest BCUT2D eigenvalue weighted by Gasteiger charge is 2.47. The van der Waals surface area contributed by atoms with E-state index < -0.39 is 41.5 Å². The molecule has 0 radical (unpaired) electrons. The van der Waals surface area contributed by atoms with E-state index in [2.05, 4.69) is 0 Å². The Labute approximate surface area is 191 Å². The van der Waals surface area contributed by atoms with Gasteiger partial charge in [0.05, 0.1) is 23.3 Å². The molecule has 4 atom stereocenters. The first-order valence-corrected chi connectivity index (χ1v) is 10.8. The Morgan fingerprint density at radius 1 is 0.971 bits per heavy atom. The summed E-state index contributed by atoms with van der Waals surface area (Å²) in [7, 11) is 0. The molecule has 2 saturated heterocycles. The van der Waals surface area contributed by atoms with Crippen molar-refractivity contribution in [2.24, 2.45) is 0 Å². The number of carbonyl (C=O) groups is 1. The molecule has 0 spiro atoms. The van der Waals surface area contributed by atoms with Gasteiger partial charge in [0, 0.05) is 24.9 Å². The van der Waals surface area contributed by atoms with Crippen molar-refractivity contribution < 1.29 is 40.3 Å². The van der Waals surface area contributed by atoms with Gasteiger partial charge >= 0.3 is 12.4 Å². The van der Waals surface area contributed by atoms with E-state index in [0.717, 1.165) is 0 Å². The van der Waals surface area contributed by atoms with Crippen molar-refractivity contribution in [3.63, 3.8) is 0 Å². The monoisotopic (exact) mass is 489 g/mol. The van der Waals surface area contributed by atoms with Crippen LogP contribution in [-0.2, 0) is 21.9 Å². The number of fused-ring (bicyclic) bond motifs is 1. The largest absolute Gasteiger partial charge is 0.416 e. The van der Waals surface area contributed by atoms with Crippen LogP contribution in [0, 0.1) is 5.82 Å². The Kier molecular flexibility index (Phi) is 6.39. The summed E-state index contributed by atoms with van der Waals surface area (Å²) >= 11 is 0. The highest BCUT2D eigenvalue weighted by atomic mass is 19.4. The van der Waals surface area contributed by atoms with Crippen LogP contribution in [-0.4, -0.2) is 29.5 Å². The van der Waals surface area contributed by atoms with Crippen LogP contribution in [0.3, 0.4) is 0 Å². The molecule has 1 amide bonds. The first-order chi connectivity index (χ1) is 15.8. The lowest BCUT2D eigenvalue weighted by molar-refractivity contribution is -0.143. The van der Waals surface area contributed by atoms with E-state index in [1.807, 2.05) is 0 Å². The molecule has 2 aromatic carbocycles. The summed E-state index contributed by atoms with van der Waals surface area (Å²) in [5, 5.41) is 0.